The molecule has 0 radical (unpaired) electrons. The zero-order valence-corrected chi connectivity index (χ0v) is 18.3. The summed E-state index contributed by atoms with van der Waals surface area (Å²) in [5.74, 6) is -0.158. The van der Waals surface area contributed by atoms with Gasteiger partial charge in [0.15, 0.2) is 0 Å². The average molecular weight is 439 g/mol. The van der Waals surface area contributed by atoms with E-state index in [0.29, 0.717) is 11.6 Å². The molecule has 30 heavy (non-hydrogen) atoms. The van der Waals surface area contributed by atoms with E-state index in [2.05, 4.69) is 16.8 Å². The highest BCUT2D eigenvalue weighted by Gasteiger charge is 2.32. The van der Waals surface area contributed by atoms with Crippen molar-refractivity contribution in [1.82, 2.24) is 4.90 Å². The van der Waals surface area contributed by atoms with Crippen LogP contribution in [-0.4, -0.2) is 23.3 Å². The van der Waals surface area contributed by atoms with Crippen molar-refractivity contribution in [2.75, 3.05) is 11.9 Å². The van der Waals surface area contributed by atoms with E-state index < -0.39 is 0 Å². The van der Waals surface area contributed by atoms with Crippen LogP contribution in [0.25, 0.3) is 0 Å². The second-order valence-electron chi connectivity index (χ2n) is 7.50. The summed E-state index contributed by atoms with van der Waals surface area (Å²) in [5, 5.41) is 5.62. The molecule has 0 saturated carbocycles. The molecule has 1 atom stereocenters. The molecule has 4 nitrogen and oxygen atoms in total. The predicted molar refractivity (Wildman–Crippen MR) is 122 cm³/mol. The first-order valence-corrected chi connectivity index (χ1v) is 11.2. The predicted octanol–water partition coefficient (Wildman–Crippen LogP) is 5.60. The number of anilines is 1. The molecule has 2 heterocycles. The fourth-order valence-corrected chi connectivity index (χ4v) is 4.84. The van der Waals surface area contributed by atoms with Gasteiger partial charge in [-0.05, 0) is 60.2 Å². The monoisotopic (exact) mass is 438 g/mol. The molecule has 0 fully saturated rings. The number of halogens is 1. The number of hydrogen-bond donors (Lipinski definition) is 1. The van der Waals surface area contributed by atoms with Gasteiger partial charge in [0.05, 0.1) is 6.04 Å². The highest BCUT2D eigenvalue weighted by Crippen LogP contribution is 2.38. The van der Waals surface area contributed by atoms with Gasteiger partial charge in [-0.1, -0.05) is 41.4 Å². The van der Waals surface area contributed by atoms with Crippen LogP contribution < -0.4 is 5.32 Å². The molecule has 0 bridgehead atoms. The quantitative estimate of drug-likeness (QED) is 0.563. The topological polar surface area (TPSA) is 49.4 Å². The molecule has 4 rings (SSSR count). The number of rotatable bonds is 5. The number of nitrogens with zero attached hydrogens (tertiary/aromatic N) is 1. The van der Waals surface area contributed by atoms with Crippen LogP contribution in [0.5, 0.6) is 0 Å². The van der Waals surface area contributed by atoms with E-state index in [4.69, 9.17) is 11.6 Å². The van der Waals surface area contributed by atoms with Gasteiger partial charge in [-0.25, -0.2) is 0 Å². The Morgan fingerprint density at radius 3 is 2.53 bits per heavy atom. The Morgan fingerprint density at radius 2 is 1.80 bits per heavy atom. The minimum atomic E-state index is -0.150. The van der Waals surface area contributed by atoms with Crippen LogP contribution in [0.4, 0.5) is 5.69 Å². The Hall–Kier alpha value is -2.63. The van der Waals surface area contributed by atoms with Crippen molar-refractivity contribution in [3.05, 3.63) is 86.6 Å². The van der Waals surface area contributed by atoms with Gasteiger partial charge in [-0.2, -0.15) is 0 Å². The lowest BCUT2D eigenvalue weighted by atomic mass is 9.93. The van der Waals surface area contributed by atoms with Crippen LogP contribution in [0.1, 0.15) is 40.5 Å². The molecule has 2 amide bonds. The lowest BCUT2D eigenvalue weighted by Gasteiger charge is -2.36. The molecule has 1 aliphatic heterocycles. The van der Waals surface area contributed by atoms with Crippen molar-refractivity contribution in [1.29, 1.82) is 0 Å². The third-order valence-electron chi connectivity index (χ3n) is 5.37. The third-order valence-corrected chi connectivity index (χ3v) is 6.62. The first kappa shape index (κ1) is 20.6. The Balaban J connectivity index is 1.46. The van der Waals surface area contributed by atoms with Crippen molar-refractivity contribution >= 4 is 40.4 Å². The number of amides is 2. The molecular formula is C24H23ClN2O2S. The summed E-state index contributed by atoms with van der Waals surface area (Å²) < 4.78 is 0. The van der Waals surface area contributed by atoms with E-state index in [-0.39, 0.29) is 30.7 Å². The molecule has 1 unspecified atom stereocenters. The molecule has 0 aliphatic carbocycles. The van der Waals surface area contributed by atoms with Crippen molar-refractivity contribution in [3.63, 3.8) is 0 Å². The van der Waals surface area contributed by atoms with Gasteiger partial charge in [0.1, 0.15) is 0 Å². The van der Waals surface area contributed by atoms with Crippen molar-refractivity contribution in [2.24, 2.45) is 0 Å². The maximum Gasteiger partial charge on any atom is 0.224 e. The normalized spacial score (nSPS) is 15.5. The lowest BCUT2D eigenvalue weighted by Crippen LogP contribution is -2.40. The zero-order chi connectivity index (χ0) is 21.1. The van der Waals surface area contributed by atoms with E-state index >= 15 is 0 Å². The van der Waals surface area contributed by atoms with Gasteiger partial charge in [0, 0.05) is 35.0 Å². The van der Waals surface area contributed by atoms with Gasteiger partial charge >= 0.3 is 0 Å². The standard InChI is InChI=1S/C24H23ClN2O2S/c1-16-2-8-19(9-3-16)26-22(28)10-11-23(29)27-14-12-21-20(13-15-30-21)24(27)17-4-6-18(25)7-5-17/h2-9,13,15,24H,10-12,14H2,1H3,(H,26,28). The number of carbonyl (C=O) groups is 2. The van der Waals surface area contributed by atoms with Crippen molar-refractivity contribution < 1.29 is 9.59 Å². The summed E-state index contributed by atoms with van der Waals surface area (Å²) in [7, 11) is 0. The van der Waals surface area contributed by atoms with E-state index in [0.717, 1.165) is 23.2 Å². The van der Waals surface area contributed by atoms with Crippen LogP contribution in [0, 0.1) is 6.92 Å². The molecular weight excluding hydrogens is 416 g/mol. The molecule has 2 aromatic carbocycles. The van der Waals surface area contributed by atoms with Crippen LogP contribution in [0.3, 0.4) is 0 Å². The number of nitrogens with one attached hydrogen (secondary N) is 1. The summed E-state index contributed by atoms with van der Waals surface area (Å²) in [4.78, 5) is 28.7. The zero-order valence-electron chi connectivity index (χ0n) is 16.7. The van der Waals surface area contributed by atoms with Crippen LogP contribution >= 0.6 is 22.9 Å². The fraction of sp³-hybridized carbons (Fsp3) is 0.250. The Morgan fingerprint density at radius 1 is 1.07 bits per heavy atom. The van der Waals surface area contributed by atoms with Gasteiger partial charge < -0.3 is 10.2 Å². The number of carbonyl (C=O) groups excluding carboxylic acids is 2. The molecule has 6 heteroatoms. The average Bonchev–Trinajstić information content (AvgIpc) is 3.22. The SMILES string of the molecule is Cc1ccc(NC(=O)CCC(=O)N2CCc3sccc3C2c2ccc(Cl)cc2)cc1. The lowest BCUT2D eigenvalue weighted by molar-refractivity contribution is -0.134. The van der Waals surface area contributed by atoms with E-state index in [1.165, 1.54) is 10.4 Å². The van der Waals surface area contributed by atoms with E-state index in [1.54, 1.807) is 11.3 Å². The molecule has 0 spiro atoms. The number of hydrogen-bond acceptors (Lipinski definition) is 3. The molecule has 154 valence electrons. The number of fused-ring (bicyclic) bond motifs is 1. The molecule has 1 aromatic heterocycles. The Kier molecular flexibility index (Phi) is 6.21. The number of thiophene rings is 1. The summed E-state index contributed by atoms with van der Waals surface area (Å²) in [6.07, 6.45) is 1.19. The summed E-state index contributed by atoms with van der Waals surface area (Å²) in [6.45, 7) is 2.65. The maximum atomic E-state index is 13.1. The first-order chi connectivity index (χ1) is 14.5. The van der Waals surface area contributed by atoms with Crippen LogP contribution in [0.15, 0.2) is 60.0 Å². The maximum absolute atomic E-state index is 13.1. The van der Waals surface area contributed by atoms with Gasteiger partial charge in [-0.3, -0.25) is 9.59 Å². The second-order valence-corrected chi connectivity index (χ2v) is 8.94. The largest absolute Gasteiger partial charge is 0.331 e. The highest BCUT2D eigenvalue weighted by atomic mass is 35.5. The van der Waals surface area contributed by atoms with E-state index in [9.17, 15) is 9.59 Å². The van der Waals surface area contributed by atoms with Crippen LogP contribution in [-0.2, 0) is 16.0 Å². The second kappa shape index (κ2) is 9.02. The van der Waals surface area contributed by atoms with Gasteiger partial charge in [0.2, 0.25) is 11.8 Å². The fourth-order valence-electron chi connectivity index (χ4n) is 3.81. The highest BCUT2D eigenvalue weighted by molar-refractivity contribution is 7.10. The Labute approximate surface area is 185 Å². The molecule has 1 aliphatic rings. The first-order valence-electron chi connectivity index (χ1n) is 9.99. The van der Waals surface area contributed by atoms with E-state index in [1.807, 2.05) is 60.4 Å². The van der Waals surface area contributed by atoms with Crippen LogP contribution in [0.2, 0.25) is 5.02 Å². The van der Waals surface area contributed by atoms with Crippen molar-refractivity contribution in [3.8, 4) is 0 Å². The number of aryl methyl sites for hydroxylation is 1. The van der Waals surface area contributed by atoms with Gasteiger partial charge in [-0.15, -0.1) is 11.3 Å². The van der Waals surface area contributed by atoms with Crippen molar-refractivity contribution in [2.45, 2.75) is 32.2 Å². The number of benzene rings is 2. The minimum Gasteiger partial charge on any atom is -0.331 e. The smallest absolute Gasteiger partial charge is 0.224 e. The third kappa shape index (κ3) is 4.58. The summed E-state index contributed by atoms with van der Waals surface area (Å²) in [6, 6.07) is 17.3. The summed E-state index contributed by atoms with van der Waals surface area (Å²) >= 11 is 7.80. The molecule has 0 saturated heterocycles. The molecule has 1 N–H and O–H groups in total. The minimum absolute atomic E-state index is 0.00847. The molecule has 3 aromatic rings. The summed E-state index contributed by atoms with van der Waals surface area (Å²) in [5.41, 5.74) is 4.09. The van der Waals surface area contributed by atoms with Gasteiger partial charge in [0.25, 0.3) is 0 Å². The Bertz CT molecular complexity index is 1040.